The van der Waals surface area contributed by atoms with Gasteiger partial charge in [-0.05, 0) is 12.8 Å². The Hall–Kier alpha value is -0.940. The maximum atomic E-state index is 5.86. The van der Waals surface area contributed by atoms with Gasteiger partial charge in [0.25, 0.3) is 0 Å². The van der Waals surface area contributed by atoms with Crippen LogP contribution < -0.4 is 10.6 Å². The van der Waals surface area contributed by atoms with Crippen LogP contribution >= 0.6 is 24.0 Å². The van der Waals surface area contributed by atoms with E-state index in [2.05, 4.69) is 51.5 Å². The molecule has 1 aliphatic heterocycles. The lowest BCUT2D eigenvalue weighted by atomic mass is 10.2. The minimum absolute atomic E-state index is 0. The molecule has 8 nitrogen and oxygen atoms in total. The van der Waals surface area contributed by atoms with Gasteiger partial charge in [0.1, 0.15) is 6.33 Å². The number of aryl methyl sites for hydroxylation is 1. The van der Waals surface area contributed by atoms with Gasteiger partial charge in [0.2, 0.25) is 0 Å². The van der Waals surface area contributed by atoms with Crippen molar-refractivity contribution in [3.05, 3.63) is 12.2 Å². The van der Waals surface area contributed by atoms with Crippen LogP contribution in [0.15, 0.2) is 11.3 Å². The third-order valence-corrected chi connectivity index (χ3v) is 4.02. The highest BCUT2D eigenvalue weighted by Gasteiger charge is 2.21. The quantitative estimate of drug-likeness (QED) is 0.355. The minimum atomic E-state index is 0. The molecule has 1 saturated heterocycles. The second kappa shape index (κ2) is 11.6. The average Bonchev–Trinajstić information content (AvgIpc) is 3.02. The Labute approximate surface area is 167 Å². The van der Waals surface area contributed by atoms with Crippen LogP contribution in [-0.4, -0.2) is 71.6 Å². The van der Waals surface area contributed by atoms with Crippen molar-refractivity contribution < 1.29 is 4.74 Å². The van der Waals surface area contributed by atoms with Gasteiger partial charge < -0.3 is 19.9 Å². The Morgan fingerprint density at radius 1 is 1.44 bits per heavy atom. The maximum Gasteiger partial charge on any atom is 0.191 e. The van der Waals surface area contributed by atoms with Crippen LogP contribution in [0, 0.1) is 5.92 Å². The maximum absolute atomic E-state index is 5.86. The first-order valence-electron chi connectivity index (χ1n) is 8.77. The van der Waals surface area contributed by atoms with E-state index in [9.17, 15) is 0 Å². The molecule has 0 aromatic carbocycles. The fourth-order valence-electron chi connectivity index (χ4n) is 2.86. The fraction of sp³-hybridized carbons (Fsp3) is 0.812. The van der Waals surface area contributed by atoms with E-state index in [0.29, 0.717) is 12.5 Å². The molecule has 0 aliphatic carbocycles. The van der Waals surface area contributed by atoms with E-state index in [1.807, 2.05) is 4.57 Å². The summed E-state index contributed by atoms with van der Waals surface area (Å²) in [6.07, 6.45) is 1.93. The Morgan fingerprint density at radius 2 is 2.24 bits per heavy atom. The van der Waals surface area contributed by atoms with Crippen LogP contribution in [0.5, 0.6) is 0 Å². The van der Waals surface area contributed by atoms with Crippen LogP contribution in [0.2, 0.25) is 0 Å². The van der Waals surface area contributed by atoms with Crippen LogP contribution in [0.4, 0.5) is 0 Å². The number of aliphatic imine (C=N–C) groups is 1. The van der Waals surface area contributed by atoms with Crippen LogP contribution in [0.1, 0.15) is 26.6 Å². The first-order chi connectivity index (χ1) is 11.6. The predicted octanol–water partition coefficient (Wildman–Crippen LogP) is 0.938. The number of halogens is 1. The second-order valence-corrected chi connectivity index (χ2v) is 6.49. The molecule has 0 saturated carbocycles. The molecule has 0 amide bonds. The zero-order chi connectivity index (χ0) is 17.4. The van der Waals surface area contributed by atoms with Gasteiger partial charge in [-0.2, -0.15) is 0 Å². The van der Waals surface area contributed by atoms with E-state index in [4.69, 9.17) is 4.74 Å². The Balaban J connectivity index is 0.00000312. The summed E-state index contributed by atoms with van der Waals surface area (Å²) in [6.45, 7) is 12.7. The molecule has 1 atom stereocenters. The number of nitrogens with one attached hydrogen (secondary N) is 2. The molecule has 0 radical (unpaired) electrons. The third-order valence-electron chi connectivity index (χ3n) is 4.02. The molecular formula is C16H32IN7O. The zero-order valence-electron chi connectivity index (χ0n) is 15.7. The van der Waals surface area contributed by atoms with Crippen molar-refractivity contribution in [1.29, 1.82) is 0 Å². The van der Waals surface area contributed by atoms with E-state index >= 15 is 0 Å². The Bertz CT molecular complexity index is 520. The van der Waals surface area contributed by atoms with E-state index in [1.54, 1.807) is 13.4 Å². The summed E-state index contributed by atoms with van der Waals surface area (Å²) in [6, 6.07) is 0. The number of guanidine groups is 1. The molecule has 25 heavy (non-hydrogen) atoms. The van der Waals surface area contributed by atoms with Gasteiger partial charge in [-0.1, -0.05) is 13.8 Å². The molecular weight excluding hydrogens is 433 g/mol. The molecule has 9 heteroatoms. The van der Waals surface area contributed by atoms with Crippen molar-refractivity contribution in [1.82, 2.24) is 30.3 Å². The zero-order valence-corrected chi connectivity index (χ0v) is 18.1. The molecule has 2 heterocycles. The lowest BCUT2D eigenvalue weighted by molar-refractivity contribution is -0.0284. The summed E-state index contributed by atoms with van der Waals surface area (Å²) in [5.74, 6) is 2.34. The van der Waals surface area contributed by atoms with Crippen molar-refractivity contribution in [3.8, 4) is 0 Å². The molecule has 1 fully saturated rings. The molecule has 1 aromatic heterocycles. The second-order valence-electron chi connectivity index (χ2n) is 6.49. The van der Waals surface area contributed by atoms with Crippen LogP contribution in [-0.2, 0) is 17.8 Å². The van der Waals surface area contributed by atoms with Gasteiger partial charge in [-0.3, -0.25) is 9.89 Å². The van der Waals surface area contributed by atoms with E-state index in [1.165, 1.54) is 0 Å². The normalized spacial score (nSPS) is 18.9. The standard InChI is InChI=1S/C16H31N7O.HI/c1-5-23-12-20-21-15(23)9-19-16(17-4)18-8-14-11-22(6-7-24-14)10-13(2)3;/h12-14H,5-11H2,1-4H3,(H2,17,18,19);1H. The summed E-state index contributed by atoms with van der Waals surface area (Å²) in [5.41, 5.74) is 0. The van der Waals surface area contributed by atoms with E-state index < -0.39 is 0 Å². The number of hydrogen-bond donors (Lipinski definition) is 2. The largest absolute Gasteiger partial charge is 0.374 e. The SMILES string of the molecule is CCn1cnnc1CNC(=NC)NCC1CN(CC(C)C)CCO1.I. The van der Waals surface area contributed by atoms with Gasteiger partial charge in [-0.25, -0.2) is 0 Å². The van der Waals surface area contributed by atoms with E-state index in [0.717, 1.165) is 51.1 Å². The highest BCUT2D eigenvalue weighted by molar-refractivity contribution is 14.0. The van der Waals surface area contributed by atoms with Crippen molar-refractivity contribution >= 4 is 29.9 Å². The first kappa shape index (κ1) is 22.1. The highest BCUT2D eigenvalue weighted by atomic mass is 127. The molecule has 0 spiro atoms. The molecule has 0 bridgehead atoms. The number of aromatic nitrogens is 3. The highest BCUT2D eigenvalue weighted by Crippen LogP contribution is 2.07. The third kappa shape index (κ3) is 7.45. The molecule has 144 valence electrons. The number of hydrogen-bond acceptors (Lipinski definition) is 5. The van der Waals surface area contributed by atoms with Crippen molar-refractivity contribution in [2.24, 2.45) is 10.9 Å². The summed E-state index contributed by atoms with van der Waals surface area (Å²) < 4.78 is 7.87. The summed E-state index contributed by atoms with van der Waals surface area (Å²) in [5, 5.41) is 14.7. The van der Waals surface area contributed by atoms with Gasteiger partial charge in [0.05, 0.1) is 19.3 Å². The molecule has 2 N–H and O–H groups in total. The molecule has 1 unspecified atom stereocenters. The lowest BCUT2D eigenvalue weighted by Gasteiger charge is -2.34. The number of rotatable bonds is 7. The number of nitrogens with zero attached hydrogens (tertiary/aromatic N) is 5. The molecule has 1 aromatic rings. The van der Waals surface area contributed by atoms with Crippen LogP contribution in [0.3, 0.4) is 0 Å². The summed E-state index contributed by atoms with van der Waals surface area (Å²) >= 11 is 0. The van der Waals surface area contributed by atoms with Crippen molar-refractivity contribution in [2.75, 3.05) is 39.8 Å². The van der Waals surface area contributed by atoms with Gasteiger partial charge in [-0.15, -0.1) is 34.2 Å². The van der Waals surface area contributed by atoms with Crippen molar-refractivity contribution in [3.63, 3.8) is 0 Å². The predicted molar refractivity (Wildman–Crippen MR) is 110 cm³/mol. The molecule has 2 rings (SSSR count). The topological polar surface area (TPSA) is 79.6 Å². The van der Waals surface area contributed by atoms with Crippen LogP contribution in [0.25, 0.3) is 0 Å². The van der Waals surface area contributed by atoms with Crippen molar-refractivity contribution in [2.45, 2.75) is 40.0 Å². The van der Waals surface area contributed by atoms with Gasteiger partial charge in [0.15, 0.2) is 11.8 Å². The number of morpholine rings is 1. The van der Waals surface area contributed by atoms with Gasteiger partial charge in [0, 0.05) is 39.8 Å². The number of ether oxygens (including phenoxy) is 1. The average molecular weight is 465 g/mol. The Morgan fingerprint density at radius 3 is 2.92 bits per heavy atom. The minimum Gasteiger partial charge on any atom is -0.374 e. The first-order valence-corrected chi connectivity index (χ1v) is 8.77. The van der Waals surface area contributed by atoms with E-state index in [-0.39, 0.29) is 30.1 Å². The summed E-state index contributed by atoms with van der Waals surface area (Å²) in [7, 11) is 1.77. The fourth-order valence-corrected chi connectivity index (χ4v) is 2.86. The summed E-state index contributed by atoms with van der Waals surface area (Å²) in [4.78, 5) is 6.74. The Kier molecular flexibility index (Phi) is 10.3. The van der Waals surface area contributed by atoms with Gasteiger partial charge >= 0.3 is 0 Å². The smallest absolute Gasteiger partial charge is 0.191 e. The molecule has 1 aliphatic rings. The lowest BCUT2D eigenvalue weighted by Crippen LogP contribution is -2.50. The monoisotopic (exact) mass is 465 g/mol.